The molecule has 31 heavy (non-hydrogen) atoms. The first-order valence-corrected chi connectivity index (χ1v) is 11.9. The lowest BCUT2D eigenvalue weighted by Crippen LogP contribution is -2.50. The highest BCUT2D eigenvalue weighted by Gasteiger charge is 2.51. The third-order valence-corrected chi connectivity index (χ3v) is 8.50. The van der Waals surface area contributed by atoms with Gasteiger partial charge in [-0.05, 0) is 42.9 Å². The summed E-state index contributed by atoms with van der Waals surface area (Å²) in [5, 5.41) is 0. The van der Waals surface area contributed by atoms with Crippen LogP contribution in [0.5, 0.6) is 5.75 Å². The van der Waals surface area contributed by atoms with Gasteiger partial charge in [0.05, 0.1) is 7.11 Å². The molecule has 5 aliphatic rings. The Morgan fingerprint density at radius 3 is 2.61 bits per heavy atom. The number of nitrogens with zero attached hydrogens (tertiary/aromatic N) is 3. The van der Waals surface area contributed by atoms with Gasteiger partial charge in [-0.15, -0.1) is 0 Å². The minimum Gasteiger partial charge on any atom is -0.496 e. The lowest BCUT2D eigenvalue weighted by atomic mass is 9.49. The maximum atomic E-state index is 13.3. The van der Waals surface area contributed by atoms with Crippen LogP contribution in [0.1, 0.15) is 55.6 Å². The molecule has 0 spiro atoms. The first-order valence-electron chi connectivity index (χ1n) is 11.9. The second-order valence-corrected chi connectivity index (χ2v) is 10.4. The summed E-state index contributed by atoms with van der Waals surface area (Å²) in [5.41, 5.74) is 3.40. The van der Waals surface area contributed by atoms with Crippen LogP contribution in [0.4, 0.5) is 0 Å². The molecule has 6 heteroatoms. The minimum absolute atomic E-state index is 0.0174. The van der Waals surface area contributed by atoms with Crippen LogP contribution in [-0.2, 0) is 13.0 Å². The SMILES string of the molecule is COc1cc(=O)n2c(c1C(=O)N1CCCC1)CCN(CC1=CC[C@H]3C[C@@H]1C3(C)C)CC2. The van der Waals surface area contributed by atoms with Crippen molar-refractivity contribution in [1.82, 2.24) is 14.4 Å². The fourth-order valence-electron chi connectivity index (χ4n) is 6.34. The lowest BCUT2D eigenvalue weighted by molar-refractivity contribution is -0.0106. The Bertz CT molecular complexity index is 971. The summed E-state index contributed by atoms with van der Waals surface area (Å²) < 4.78 is 7.34. The molecule has 3 aliphatic carbocycles. The standard InChI is InChI=1S/C25H35N3O3/c1-25(2)18-7-6-17(19(25)14-18)16-26-11-8-20-23(24(30)27-9-4-5-10-27)21(31-3)15-22(29)28(20)13-12-26/h6,15,18-19H,4-5,7-14,16H2,1-3H3/t18-,19-/m0/s1. The van der Waals surface area contributed by atoms with Crippen molar-refractivity contribution in [3.8, 4) is 5.75 Å². The average Bonchev–Trinajstić information content (AvgIpc) is 3.22. The topological polar surface area (TPSA) is 54.8 Å². The van der Waals surface area contributed by atoms with Gasteiger partial charge in [0.2, 0.25) is 0 Å². The Labute approximate surface area is 184 Å². The number of hydrogen-bond donors (Lipinski definition) is 0. The van der Waals surface area contributed by atoms with E-state index in [9.17, 15) is 9.59 Å². The molecule has 0 aromatic carbocycles. The quantitative estimate of drug-likeness (QED) is 0.696. The summed E-state index contributed by atoms with van der Waals surface area (Å²) in [7, 11) is 1.55. The van der Waals surface area contributed by atoms with E-state index in [0.717, 1.165) is 57.2 Å². The van der Waals surface area contributed by atoms with E-state index >= 15 is 0 Å². The molecule has 168 valence electrons. The second kappa shape index (κ2) is 7.80. The van der Waals surface area contributed by atoms with E-state index in [1.54, 1.807) is 12.7 Å². The summed E-state index contributed by atoms with van der Waals surface area (Å²) in [4.78, 5) is 30.6. The molecule has 2 aliphatic heterocycles. The van der Waals surface area contributed by atoms with Crippen molar-refractivity contribution < 1.29 is 9.53 Å². The summed E-state index contributed by atoms with van der Waals surface area (Å²) in [5.74, 6) is 1.99. The lowest BCUT2D eigenvalue weighted by Gasteiger charge is -2.57. The van der Waals surface area contributed by atoms with E-state index in [-0.39, 0.29) is 11.5 Å². The highest BCUT2D eigenvalue weighted by atomic mass is 16.5. The molecule has 2 fully saturated rings. The van der Waals surface area contributed by atoms with Crippen molar-refractivity contribution in [2.24, 2.45) is 17.3 Å². The molecule has 1 amide bonds. The van der Waals surface area contributed by atoms with Crippen LogP contribution in [0.2, 0.25) is 0 Å². The summed E-state index contributed by atoms with van der Waals surface area (Å²) in [6.45, 7) is 9.72. The summed E-state index contributed by atoms with van der Waals surface area (Å²) >= 11 is 0. The number of ether oxygens (including phenoxy) is 1. The van der Waals surface area contributed by atoms with Crippen LogP contribution >= 0.6 is 0 Å². The Hall–Kier alpha value is -2.08. The molecule has 1 aromatic heterocycles. The molecule has 3 heterocycles. The van der Waals surface area contributed by atoms with E-state index in [1.807, 2.05) is 9.47 Å². The molecule has 6 nitrogen and oxygen atoms in total. The molecule has 0 unspecified atom stereocenters. The van der Waals surface area contributed by atoms with Gasteiger partial charge < -0.3 is 14.2 Å². The maximum absolute atomic E-state index is 13.3. The fraction of sp³-hybridized carbons (Fsp3) is 0.680. The van der Waals surface area contributed by atoms with Gasteiger partial charge in [0, 0.05) is 57.4 Å². The van der Waals surface area contributed by atoms with Gasteiger partial charge >= 0.3 is 0 Å². The molecule has 1 saturated heterocycles. The van der Waals surface area contributed by atoms with Gasteiger partial charge in [-0.3, -0.25) is 14.5 Å². The molecule has 2 atom stereocenters. The molecule has 6 rings (SSSR count). The zero-order valence-electron chi connectivity index (χ0n) is 19.2. The predicted molar refractivity (Wildman–Crippen MR) is 121 cm³/mol. The normalized spacial score (nSPS) is 27.2. The van der Waals surface area contributed by atoms with Gasteiger partial charge in [-0.25, -0.2) is 0 Å². The highest BCUT2D eigenvalue weighted by molar-refractivity contribution is 5.98. The van der Waals surface area contributed by atoms with Crippen LogP contribution in [0.25, 0.3) is 0 Å². The number of likely N-dealkylation sites (tertiary alicyclic amines) is 1. The number of allylic oxidation sites excluding steroid dienone is 1. The zero-order chi connectivity index (χ0) is 21.8. The Balaban J connectivity index is 1.40. The van der Waals surface area contributed by atoms with E-state index in [0.29, 0.717) is 35.6 Å². The average molecular weight is 426 g/mol. The van der Waals surface area contributed by atoms with E-state index in [1.165, 1.54) is 18.9 Å². The third-order valence-electron chi connectivity index (χ3n) is 8.50. The van der Waals surface area contributed by atoms with Crippen LogP contribution in [0.3, 0.4) is 0 Å². The molecule has 1 saturated carbocycles. The molecule has 2 bridgehead atoms. The van der Waals surface area contributed by atoms with Gasteiger partial charge in [0.25, 0.3) is 11.5 Å². The van der Waals surface area contributed by atoms with Crippen molar-refractivity contribution in [2.45, 2.75) is 52.5 Å². The van der Waals surface area contributed by atoms with Crippen molar-refractivity contribution >= 4 is 5.91 Å². The van der Waals surface area contributed by atoms with E-state index < -0.39 is 0 Å². The number of fused-ring (bicyclic) bond motifs is 2. The number of carbonyl (C=O) groups is 1. The monoisotopic (exact) mass is 425 g/mol. The highest BCUT2D eigenvalue weighted by Crippen LogP contribution is 2.59. The number of pyridine rings is 1. The van der Waals surface area contributed by atoms with Gasteiger partial charge in [-0.1, -0.05) is 25.5 Å². The Morgan fingerprint density at radius 1 is 1.16 bits per heavy atom. The van der Waals surface area contributed by atoms with Crippen LogP contribution in [-0.4, -0.2) is 60.1 Å². The van der Waals surface area contributed by atoms with Gasteiger partial charge in [0.1, 0.15) is 11.3 Å². The Morgan fingerprint density at radius 2 is 1.94 bits per heavy atom. The fourth-order valence-corrected chi connectivity index (χ4v) is 6.34. The maximum Gasteiger partial charge on any atom is 0.259 e. The minimum atomic E-state index is -0.0634. The van der Waals surface area contributed by atoms with Gasteiger partial charge in [0.15, 0.2) is 0 Å². The van der Waals surface area contributed by atoms with Crippen LogP contribution in [0.15, 0.2) is 22.5 Å². The molecular formula is C25H35N3O3. The second-order valence-electron chi connectivity index (χ2n) is 10.4. The van der Waals surface area contributed by atoms with Crippen molar-refractivity contribution in [2.75, 3.05) is 39.8 Å². The zero-order valence-corrected chi connectivity index (χ0v) is 19.2. The molecule has 0 radical (unpaired) electrons. The van der Waals surface area contributed by atoms with Gasteiger partial charge in [-0.2, -0.15) is 0 Å². The largest absolute Gasteiger partial charge is 0.496 e. The number of hydrogen-bond acceptors (Lipinski definition) is 4. The number of methoxy groups -OCH3 is 1. The van der Waals surface area contributed by atoms with E-state index in [4.69, 9.17) is 4.74 Å². The van der Waals surface area contributed by atoms with Crippen molar-refractivity contribution in [3.63, 3.8) is 0 Å². The molecular weight excluding hydrogens is 390 g/mol. The van der Waals surface area contributed by atoms with Crippen LogP contribution < -0.4 is 10.3 Å². The van der Waals surface area contributed by atoms with E-state index in [2.05, 4.69) is 24.8 Å². The smallest absolute Gasteiger partial charge is 0.259 e. The Kier molecular flexibility index (Phi) is 5.24. The summed E-state index contributed by atoms with van der Waals surface area (Å²) in [6, 6.07) is 1.50. The predicted octanol–water partition coefficient (Wildman–Crippen LogP) is 2.94. The van der Waals surface area contributed by atoms with Crippen molar-refractivity contribution in [3.05, 3.63) is 39.3 Å². The summed E-state index contributed by atoms with van der Waals surface area (Å²) in [6.07, 6.45) is 7.80. The number of carbonyl (C=O) groups excluding carboxylic acids is 1. The number of amides is 1. The molecule has 1 aromatic rings. The number of aromatic nitrogens is 1. The van der Waals surface area contributed by atoms with Crippen molar-refractivity contribution in [1.29, 1.82) is 0 Å². The van der Waals surface area contributed by atoms with Crippen LogP contribution in [0, 0.1) is 17.3 Å². The molecule has 0 N–H and O–H groups in total. The first kappa shape index (κ1) is 20.8. The first-order chi connectivity index (χ1) is 14.9. The number of rotatable bonds is 4. The third kappa shape index (κ3) is 3.43.